The lowest BCUT2D eigenvalue weighted by molar-refractivity contribution is -0.895. The third-order valence-electron chi connectivity index (χ3n) is 6.02. The zero-order valence-electron chi connectivity index (χ0n) is 18.8. The van der Waals surface area contributed by atoms with Gasteiger partial charge < -0.3 is 19.8 Å². The van der Waals surface area contributed by atoms with Crippen molar-refractivity contribution in [3.05, 3.63) is 71.3 Å². The Morgan fingerprint density at radius 2 is 1.61 bits per heavy atom. The molecular weight excluding hydrogens is 390 g/mol. The van der Waals surface area contributed by atoms with Crippen LogP contribution in [0.4, 0.5) is 5.69 Å². The second kappa shape index (κ2) is 9.79. The van der Waals surface area contributed by atoms with Gasteiger partial charge in [0.25, 0.3) is 11.7 Å². The van der Waals surface area contributed by atoms with Gasteiger partial charge in [0.05, 0.1) is 37.8 Å². The first kappa shape index (κ1) is 22.6. The Kier molecular flexibility index (Phi) is 7.13. The SMILES string of the molecule is CC[NH+](CC)CCN1C(=O)C(=O)C(=C(O)c2ccccc2)[C@H]1c1ccc(N(C)C)cc1. The first-order valence-corrected chi connectivity index (χ1v) is 10.8. The quantitative estimate of drug-likeness (QED) is 0.389. The van der Waals surface area contributed by atoms with Crippen molar-refractivity contribution in [1.82, 2.24) is 4.90 Å². The standard InChI is InChI=1S/C25H31N3O3/c1-5-27(6-2)16-17-28-22(18-12-14-20(15-13-18)26(3)4)21(24(30)25(28)31)23(29)19-10-8-7-9-11-19/h7-15,22,29H,5-6,16-17H2,1-4H3/p+1/t22-/m1/s1. The number of hydrogen-bond donors (Lipinski definition) is 2. The molecule has 0 bridgehead atoms. The van der Waals surface area contributed by atoms with Crippen LogP contribution in [-0.2, 0) is 9.59 Å². The van der Waals surface area contributed by atoms with Gasteiger partial charge in [-0.05, 0) is 31.5 Å². The van der Waals surface area contributed by atoms with E-state index < -0.39 is 17.7 Å². The van der Waals surface area contributed by atoms with Gasteiger partial charge >= 0.3 is 0 Å². The number of likely N-dealkylation sites (N-methyl/N-ethyl adjacent to an activating group) is 1. The summed E-state index contributed by atoms with van der Waals surface area (Å²) in [7, 11) is 3.92. The molecule has 0 unspecified atom stereocenters. The number of rotatable bonds is 8. The predicted molar refractivity (Wildman–Crippen MR) is 123 cm³/mol. The van der Waals surface area contributed by atoms with Crippen molar-refractivity contribution < 1.29 is 19.6 Å². The number of carbonyl (C=O) groups excluding carboxylic acids is 2. The molecule has 0 spiro atoms. The van der Waals surface area contributed by atoms with Crippen LogP contribution >= 0.6 is 0 Å². The fourth-order valence-electron chi connectivity index (χ4n) is 4.05. The number of hydrogen-bond acceptors (Lipinski definition) is 4. The number of carbonyl (C=O) groups is 2. The zero-order chi connectivity index (χ0) is 22.5. The lowest BCUT2D eigenvalue weighted by Crippen LogP contribution is -3.12. The summed E-state index contributed by atoms with van der Waals surface area (Å²) < 4.78 is 0. The first-order chi connectivity index (χ1) is 14.9. The van der Waals surface area contributed by atoms with E-state index >= 15 is 0 Å². The van der Waals surface area contributed by atoms with Gasteiger partial charge in [-0.3, -0.25) is 9.59 Å². The van der Waals surface area contributed by atoms with Crippen LogP contribution in [0.25, 0.3) is 5.76 Å². The number of ketones is 1. The van der Waals surface area contributed by atoms with Gasteiger partial charge in [-0.2, -0.15) is 0 Å². The summed E-state index contributed by atoms with van der Waals surface area (Å²) in [5, 5.41) is 11.0. The smallest absolute Gasteiger partial charge is 0.295 e. The molecule has 2 N–H and O–H groups in total. The first-order valence-electron chi connectivity index (χ1n) is 10.8. The third-order valence-corrected chi connectivity index (χ3v) is 6.02. The van der Waals surface area contributed by atoms with Crippen molar-refractivity contribution in [1.29, 1.82) is 0 Å². The van der Waals surface area contributed by atoms with Gasteiger partial charge in [0, 0.05) is 25.3 Å². The van der Waals surface area contributed by atoms with Gasteiger partial charge in [-0.15, -0.1) is 0 Å². The van der Waals surface area contributed by atoms with Crippen molar-refractivity contribution in [2.75, 3.05) is 45.2 Å². The summed E-state index contributed by atoms with van der Waals surface area (Å²) in [6.45, 7) is 7.32. The molecule has 164 valence electrons. The van der Waals surface area contributed by atoms with E-state index in [0.29, 0.717) is 12.1 Å². The molecule has 1 aliphatic heterocycles. The highest BCUT2D eigenvalue weighted by molar-refractivity contribution is 6.46. The molecule has 1 saturated heterocycles. The maximum atomic E-state index is 13.0. The molecule has 0 aromatic heterocycles. The highest BCUT2D eigenvalue weighted by atomic mass is 16.3. The highest BCUT2D eigenvalue weighted by Gasteiger charge is 2.46. The molecular formula is C25H32N3O3+. The average Bonchev–Trinajstić information content (AvgIpc) is 3.04. The number of amides is 1. The van der Waals surface area contributed by atoms with E-state index in [1.807, 2.05) is 49.3 Å². The van der Waals surface area contributed by atoms with Gasteiger partial charge in [0.15, 0.2) is 0 Å². The fraction of sp³-hybridized carbons (Fsp3) is 0.360. The second-order valence-electron chi connectivity index (χ2n) is 8.05. The summed E-state index contributed by atoms with van der Waals surface area (Å²) in [6, 6.07) is 16.1. The Morgan fingerprint density at radius 1 is 1.00 bits per heavy atom. The topological polar surface area (TPSA) is 65.3 Å². The molecule has 2 aromatic rings. The van der Waals surface area contributed by atoms with Crippen molar-refractivity contribution >= 4 is 23.1 Å². The van der Waals surface area contributed by atoms with Crippen molar-refractivity contribution in [2.24, 2.45) is 0 Å². The molecule has 0 radical (unpaired) electrons. The molecule has 1 heterocycles. The van der Waals surface area contributed by atoms with Crippen LogP contribution in [0.5, 0.6) is 0 Å². The number of benzene rings is 2. The Labute approximate surface area is 184 Å². The molecule has 0 saturated carbocycles. The number of quaternary nitrogens is 1. The summed E-state index contributed by atoms with van der Waals surface area (Å²) in [5.74, 6) is -1.30. The Morgan fingerprint density at radius 3 is 2.16 bits per heavy atom. The predicted octanol–water partition coefficient (Wildman–Crippen LogP) is 2.10. The molecule has 6 nitrogen and oxygen atoms in total. The van der Waals surface area contributed by atoms with Crippen LogP contribution in [0, 0.1) is 0 Å². The Balaban J connectivity index is 2.08. The summed E-state index contributed by atoms with van der Waals surface area (Å²) in [6.07, 6.45) is 0. The van der Waals surface area contributed by atoms with Crippen LogP contribution in [0.15, 0.2) is 60.2 Å². The summed E-state index contributed by atoms with van der Waals surface area (Å²) >= 11 is 0. The van der Waals surface area contributed by atoms with E-state index in [0.717, 1.165) is 30.9 Å². The van der Waals surface area contributed by atoms with Crippen molar-refractivity contribution in [2.45, 2.75) is 19.9 Å². The summed E-state index contributed by atoms with van der Waals surface area (Å²) in [4.78, 5) is 31.0. The molecule has 6 heteroatoms. The van der Waals surface area contributed by atoms with Crippen LogP contribution < -0.4 is 9.80 Å². The fourth-order valence-corrected chi connectivity index (χ4v) is 4.05. The largest absolute Gasteiger partial charge is 0.507 e. The Hall–Kier alpha value is -3.12. The lowest BCUT2D eigenvalue weighted by Gasteiger charge is -2.27. The number of likely N-dealkylation sites (tertiary alicyclic amines) is 1. The van der Waals surface area contributed by atoms with Gasteiger partial charge in [-0.25, -0.2) is 0 Å². The van der Waals surface area contributed by atoms with E-state index in [-0.39, 0.29) is 11.3 Å². The van der Waals surface area contributed by atoms with Gasteiger partial charge in [-0.1, -0.05) is 42.5 Å². The number of anilines is 1. The van der Waals surface area contributed by atoms with Crippen LogP contribution in [0.3, 0.4) is 0 Å². The third kappa shape index (κ3) is 4.64. The van der Waals surface area contributed by atoms with Gasteiger partial charge in [0.2, 0.25) is 0 Å². The van der Waals surface area contributed by atoms with Crippen LogP contribution in [0.2, 0.25) is 0 Å². The van der Waals surface area contributed by atoms with Gasteiger partial charge in [0.1, 0.15) is 5.76 Å². The van der Waals surface area contributed by atoms with Crippen LogP contribution in [0.1, 0.15) is 31.0 Å². The minimum atomic E-state index is -0.627. The Bertz CT molecular complexity index is 948. The monoisotopic (exact) mass is 422 g/mol. The molecule has 3 rings (SSSR count). The number of aliphatic hydroxyl groups is 1. The molecule has 1 aliphatic rings. The van der Waals surface area contributed by atoms with E-state index in [9.17, 15) is 14.7 Å². The van der Waals surface area contributed by atoms with Crippen molar-refractivity contribution in [3.63, 3.8) is 0 Å². The molecule has 31 heavy (non-hydrogen) atoms. The lowest BCUT2D eigenvalue weighted by atomic mass is 9.95. The summed E-state index contributed by atoms with van der Waals surface area (Å²) in [5.41, 5.74) is 2.53. The maximum Gasteiger partial charge on any atom is 0.295 e. The number of nitrogens with one attached hydrogen (secondary N) is 1. The average molecular weight is 423 g/mol. The minimum Gasteiger partial charge on any atom is -0.507 e. The van der Waals surface area contributed by atoms with E-state index in [2.05, 4.69) is 13.8 Å². The van der Waals surface area contributed by atoms with Crippen LogP contribution in [-0.4, -0.2) is 62.0 Å². The van der Waals surface area contributed by atoms with E-state index in [4.69, 9.17) is 0 Å². The molecule has 1 fully saturated rings. The maximum absolute atomic E-state index is 13.0. The number of aliphatic hydroxyl groups excluding tert-OH is 1. The van der Waals surface area contributed by atoms with Crippen molar-refractivity contribution in [3.8, 4) is 0 Å². The number of Topliss-reactive ketones (excluding diaryl/α,β-unsaturated/α-hetero) is 1. The highest BCUT2D eigenvalue weighted by Crippen LogP contribution is 2.39. The minimum absolute atomic E-state index is 0.127. The molecule has 1 atom stereocenters. The van der Waals surface area contributed by atoms with E-state index in [1.165, 1.54) is 4.90 Å². The second-order valence-corrected chi connectivity index (χ2v) is 8.05. The molecule has 0 aliphatic carbocycles. The molecule has 1 amide bonds. The number of nitrogens with zero attached hydrogens (tertiary/aromatic N) is 2. The zero-order valence-corrected chi connectivity index (χ0v) is 18.8. The normalized spacial score (nSPS) is 18.1. The molecule has 2 aromatic carbocycles. The van der Waals surface area contributed by atoms with E-state index in [1.54, 1.807) is 29.2 Å².